The number of hydrogen-bond acceptors (Lipinski definition) is 6. The monoisotopic (exact) mass is 623 g/mol. The summed E-state index contributed by atoms with van der Waals surface area (Å²) in [5.74, 6) is -1.20. The van der Waals surface area contributed by atoms with Crippen LogP contribution in [0.4, 0.5) is 5.69 Å². The van der Waals surface area contributed by atoms with E-state index in [4.69, 9.17) is 27.9 Å². The number of esters is 1. The zero-order valence-electron chi connectivity index (χ0n) is 23.0. The van der Waals surface area contributed by atoms with Crippen molar-refractivity contribution in [2.45, 2.75) is 37.8 Å². The summed E-state index contributed by atoms with van der Waals surface area (Å²) >= 11 is 12.2. The molecule has 8 nitrogen and oxygen atoms in total. The Labute approximate surface area is 254 Å². The average molecular weight is 625 g/mol. The molecule has 0 bridgehead atoms. The fraction of sp³-hybridized carbons (Fsp3) is 0.194. The lowest BCUT2D eigenvalue weighted by Crippen LogP contribution is -2.39. The number of halogens is 2. The lowest BCUT2D eigenvalue weighted by Gasteiger charge is -2.27. The summed E-state index contributed by atoms with van der Waals surface area (Å²) in [6, 6.07) is 22.7. The van der Waals surface area contributed by atoms with Crippen molar-refractivity contribution in [2.75, 3.05) is 10.8 Å². The van der Waals surface area contributed by atoms with Crippen molar-refractivity contribution < 1.29 is 22.7 Å². The predicted octanol–water partition coefficient (Wildman–Crippen LogP) is 6.49. The molecule has 0 aliphatic heterocycles. The van der Waals surface area contributed by atoms with E-state index in [0.717, 1.165) is 4.31 Å². The molecule has 0 fully saturated rings. The van der Waals surface area contributed by atoms with Gasteiger partial charge in [-0.2, -0.15) is 5.26 Å². The molecule has 1 N–H and O–H groups in total. The van der Waals surface area contributed by atoms with E-state index in [2.05, 4.69) is 11.4 Å². The fourth-order valence-electron chi connectivity index (χ4n) is 4.36. The van der Waals surface area contributed by atoms with E-state index in [9.17, 15) is 23.3 Å². The van der Waals surface area contributed by atoms with E-state index in [1.807, 2.05) is 0 Å². The van der Waals surface area contributed by atoms with E-state index in [0.29, 0.717) is 21.9 Å². The Bertz CT molecular complexity index is 1810. The second kappa shape index (κ2) is 12.4. The number of hydrogen-bond donors (Lipinski definition) is 1. The summed E-state index contributed by atoms with van der Waals surface area (Å²) in [4.78, 5) is 26.1. The van der Waals surface area contributed by atoms with Crippen LogP contribution in [0, 0.1) is 11.3 Å². The Hall–Kier alpha value is -4.10. The van der Waals surface area contributed by atoms with Crippen molar-refractivity contribution in [3.05, 3.63) is 106 Å². The number of nitriles is 1. The minimum absolute atomic E-state index is 0.105. The third kappa shape index (κ3) is 7.02. The second-order valence-electron chi connectivity index (χ2n) is 10.3. The van der Waals surface area contributed by atoms with Crippen molar-refractivity contribution in [2.24, 2.45) is 0 Å². The van der Waals surface area contributed by atoms with Gasteiger partial charge in [0.25, 0.3) is 15.9 Å². The standard InChI is InChI=1S/C31H27Cl2N3O5S/c1-31(2,3)41-29(37)19-36(42(39,40)24-15-22(32)14-23(33)16-24)28-13-7-10-25-26(28)11-6-12-27(25)30(38)35-18-21-9-5-4-8-20(21)17-34/h4-16H,18-19H2,1-3H3,(H,35,38). The number of anilines is 1. The highest BCUT2D eigenvalue weighted by Crippen LogP contribution is 2.34. The van der Waals surface area contributed by atoms with Gasteiger partial charge in [0, 0.05) is 27.5 Å². The third-order valence-corrected chi connectivity index (χ3v) is 8.28. The quantitative estimate of drug-likeness (QED) is 0.224. The van der Waals surface area contributed by atoms with Crippen molar-refractivity contribution in [1.82, 2.24) is 5.32 Å². The van der Waals surface area contributed by atoms with Crippen LogP contribution < -0.4 is 9.62 Å². The molecule has 4 rings (SSSR count). The van der Waals surface area contributed by atoms with Crippen LogP contribution in [0.5, 0.6) is 0 Å². The zero-order valence-corrected chi connectivity index (χ0v) is 25.3. The number of amides is 1. The van der Waals surface area contributed by atoms with Gasteiger partial charge >= 0.3 is 5.97 Å². The summed E-state index contributed by atoms with van der Waals surface area (Å²) in [5, 5.41) is 13.3. The number of nitrogens with one attached hydrogen (secondary N) is 1. The molecule has 0 spiro atoms. The Kier molecular flexibility index (Phi) is 9.12. The summed E-state index contributed by atoms with van der Waals surface area (Å²) in [7, 11) is -4.40. The molecule has 0 saturated carbocycles. The number of rotatable bonds is 8. The molecular formula is C31H27Cl2N3O5S. The zero-order chi connectivity index (χ0) is 30.7. The Morgan fingerprint density at radius 1 is 0.929 bits per heavy atom. The normalized spacial score (nSPS) is 11.5. The molecule has 1 amide bonds. The number of fused-ring (bicyclic) bond motifs is 1. The van der Waals surface area contributed by atoms with Gasteiger partial charge in [0.1, 0.15) is 12.1 Å². The summed E-state index contributed by atoms with van der Waals surface area (Å²) < 4.78 is 34.4. The molecule has 42 heavy (non-hydrogen) atoms. The third-order valence-electron chi connectivity index (χ3n) is 6.11. The minimum atomic E-state index is -4.40. The van der Waals surface area contributed by atoms with E-state index in [-0.39, 0.29) is 32.7 Å². The molecule has 0 aromatic heterocycles. The van der Waals surface area contributed by atoms with Crippen LogP contribution in [0.3, 0.4) is 0 Å². The molecule has 0 aliphatic rings. The first-order chi connectivity index (χ1) is 19.8. The van der Waals surface area contributed by atoms with Gasteiger partial charge in [0.05, 0.1) is 22.2 Å². The van der Waals surface area contributed by atoms with Gasteiger partial charge in [-0.1, -0.05) is 65.7 Å². The average Bonchev–Trinajstić information content (AvgIpc) is 2.92. The van der Waals surface area contributed by atoms with Crippen molar-refractivity contribution in [1.29, 1.82) is 5.26 Å². The van der Waals surface area contributed by atoms with Crippen LogP contribution >= 0.6 is 23.2 Å². The molecule has 4 aromatic carbocycles. The van der Waals surface area contributed by atoms with Crippen molar-refractivity contribution in [3.8, 4) is 6.07 Å². The molecule has 0 aliphatic carbocycles. The van der Waals surface area contributed by atoms with Crippen LogP contribution in [0.25, 0.3) is 10.8 Å². The van der Waals surface area contributed by atoms with Gasteiger partial charge in [-0.05, 0) is 68.1 Å². The first-order valence-corrected chi connectivity index (χ1v) is 15.0. The van der Waals surface area contributed by atoms with E-state index in [1.54, 1.807) is 81.4 Å². The maximum Gasteiger partial charge on any atom is 0.327 e. The number of ether oxygens (including phenoxy) is 1. The van der Waals surface area contributed by atoms with Crippen LogP contribution in [0.2, 0.25) is 10.0 Å². The van der Waals surface area contributed by atoms with Gasteiger partial charge in [0.2, 0.25) is 0 Å². The second-order valence-corrected chi connectivity index (χ2v) is 13.1. The molecule has 0 radical (unpaired) electrons. The number of benzene rings is 4. The molecule has 11 heteroatoms. The lowest BCUT2D eigenvalue weighted by molar-refractivity contribution is -0.152. The largest absolute Gasteiger partial charge is 0.459 e. The molecule has 0 unspecified atom stereocenters. The number of sulfonamides is 1. The predicted molar refractivity (Wildman–Crippen MR) is 163 cm³/mol. The van der Waals surface area contributed by atoms with Crippen molar-refractivity contribution in [3.63, 3.8) is 0 Å². The van der Waals surface area contributed by atoms with Crippen LogP contribution in [-0.2, 0) is 26.1 Å². The number of carbonyl (C=O) groups is 2. The topological polar surface area (TPSA) is 117 Å². The molecule has 4 aromatic rings. The first-order valence-electron chi connectivity index (χ1n) is 12.8. The Morgan fingerprint density at radius 3 is 2.24 bits per heavy atom. The molecule has 0 atom stereocenters. The van der Waals surface area contributed by atoms with Gasteiger partial charge in [-0.15, -0.1) is 0 Å². The van der Waals surface area contributed by atoms with Gasteiger partial charge in [-0.3, -0.25) is 13.9 Å². The number of nitrogens with zero attached hydrogens (tertiary/aromatic N) is 2. The maximum absolute atomic E-state index is 14.0. The van der Waals surface area contributed by atoms with Crippen LogP contribution in [-0.4, -0.2) is 32.4 Å². The van der Waals surface area contributed by atoms with Crippen molar-refractivity contribution >= 4 is 61.6 Å². The van der Waals surface area contributed by atoms with E-state index in [1.165, 1.54) is 18.2 Å². The summed E-state index contributed by atoms with van der Waals surface area (Å²) in [5.41, 5.74) is 0.675. The fourth-order valence-corrected chi connectivity index (χ4v) is 6.51. The van der Waals surface area contributed by atoms with Gasteiger partial charge < -0.3 is 10.1 Å². The molecular weight excluding hydrogens is 597 g/mol. The number of carbonyl (C=O) groups excluding carboxylic acids is 2. The highest BCUT2D eigenvalue weighted by atomic mass is 35.5. The Balaban J connectivity index is 1.80. The van der Waals surface area contributed by atoms with Gasteiger partial charge in [-0.25, -0.2) is 8.42 Å². The van der Waals surface area contributed by atoms with Crippen LogP contribution in [0.15, 0.2) is 83.8 Å². The minimum Gasteiger partial charge on any atom is -0.459 e. The first kappa shape index (κ1) is 30.8. The molecule has 0 heterocycles. The molecule has 0 saturated heterocycles. The Morgan fingerprint density at radius 2 is 1.57 bits per heavy atom. The highest BCUT2D eigenvalue weighted by Gasteiger charge is 2.31. The SMILES string of the molecule is CC(C)(C)OC(=O)CN(c1cccc2c(C(=O)NCc3ccccc3C#N)cccc12)S(=O)(=O)c1cc(Cl)cc(Cl)c1. The van der Waals surface area contributed by atoms with E-state index >= 15 is 0 Å². The van der Waals surface area contributed by atoms with Gasteiger partial charge in [0.15, 0.2) is 0 Å². The highest BCUT2D eigenvalue weighted by molar-refractivity contribution is 7.93. The summed E-state index contributed by atoms with van der Waals surface area (Å²) in [6.07, 6.45) is 0. The van der Waals surface area contributed by atoms with E-state index < -0.39 is 34.0 Å². The maximum atomic E-state index is 14.0. The summed E-state index contributed by atoms with van der Waals surface area (Å²) in [6.45, 7) is 4.51. The smallest absolute Gasteiger partial charge is 0.327 e. The molecule has 216 valence electrons. The lowest BCUT2D eigenvalue weighted by atomic mass is 10.0. The van der Waals surface area contributed by atoms with Crippen LogP contribution in [0.1, 0.15) is 42.3 Å².